The maximum Gasteiger partial charge on any atom is 0.320 e. The van der Waals surface area contributed by atoms with E-state index in [0.717, 1.165) is 21.1 Å². The summed E-state index contributed by atoms with van der Waals surface area (Å²) in [6.07, 6.45) is 0.357. The van der Waals surface area contributed by atoms with Gasteiger partial charge in [0.15, 0.2) is 0 Å². The number of rotatable bonds is 5. The van der Waals surface area contributed by atoms with E-state index in [1.165, 1.54) is 0 Å². The number of carboxylic acids is 1. The van der Waals surface area contributed by atoms with Gasteiger partial charge in [-0.1, -0.05) is 0 Å². The molecule has 4 nitrogen and oxygen atoms in total. The van der Waals surface area contributed by atoms with Crippen LogP contribution in [-0.2, 0) is 11.2 Å². The van der Waals surface area contributed by atoms with Gasteiger partial charge < -0.3 is 15.6 Å². The summed E-state index contributed by atoms with van der Waals surface area (Å²) in [5.74, 6) is -0.159. The third-order valence-corrected chi connectivity index (χ3v) is 3.93. The molecule has 0 aliphatic rings. The van der Waals surface area contributed by atoms with Crippen LogP contribution in [0, 0.1) is 0 Å². The van der Waals surface area contributed by atoms with Crippen LogP contribution in [0.5, 0.6) is 5.75 Å². The molecule has 1 heterocycles. The Bertz CT molecular complexity index is 562. The molecule has 2 rings (SSSR count). The van der Waals surface area contributed by atoms with Gasteiger partial charge in [0.25, 0.3) is 0 Å². The number of carbonyl (C=O) groups is 1. The zero-order valence-corrected chi connectivity index (χ0v) is 11.3. The smallest absolute Gasteiger partial charge is 0.320 e. The molecule has 0 saturated carbocycles. The Morgan fingerprint density at radius 1 is 1.32 bits per heavy atom. The lowest BCUT2D eigenvalue weighted by Crippen LogP contribution is -2.31. The Hall–Kier alpha value is -1.85. The fraction of sp³-hybridized carbons (Fsp3) is 0.214. The zero-order valence-electron chi connectivity index (χ0n) is 10.5. The lowest BCUT2D eigenvalue weighted by Gasteiger charge is -2.03. The minimum atomic E-state index is -0.973. The van der Waals surface area contributed by atoms with Gasteiger partial charge in [-0.05, 0) is 42.0 Å². The lowest BCUT2D eigenvalue weighted by atomic mass is 10.1. The molecule has 0 spiro atoms. The van der Waals surface area contributed by atoms with E-state index in [1.54, 1.807) is 18.4 Å². The van der Waals surface area contributed by atoms with Crippen LogP contribution in [-0.4, -0.2) is 24.2 Å². The van der Waals surface area contributed by atoms with Gasteiger partial charge >= 0.3 is 5.97 Å². The molecule has 0 bridgehead atoms. The molecule has 0 fully saturated rings. The highest BCUT2D eigenvalue weighted by molar-refractivity contribution is 7.15. The standard InChI is InChI=1S/C14H15NO3S/c1-18-10-4-2-9(3-5-10)13-7-6-11(19-13)8-12(15)14(16)17/h2-7,12H,8,15H2,1H3,(H,16,17). The van der Waals surface area contributed by atoms with E-state index in [-0.39, 0.29) is 0 Å². The van der Waals surface area contributed by atoms with Crippen molar-refractivity contribution in [2.24, 2.45) is 5.73 Å². The second-order valence-corrected chi connectivity index (χ2v) is 5.31. The van der Waals surface area contributed by atoms with Crippen LogP contribution >= 0.6 is 11.3 Å². The highest BCUT2D eigenvalue weighted by Crippen LogP contribution is 2.29. The number of hydrogen-bond donors (Lipinski definition) is 2. The Balaban J connectivity index is 2.13. The van der Waals surface area contributed by atoms with Crippen LogP contribution in [0.1, 0.15) is 4.88 Å². The average molecular weight is 277 g/mol. The molecule has 1 aromatic heterocycles. The van der Waals surface area contributed by atoms with E-state index in [1.807, 2.05) is 36.4 Å². The van der Waals surface area contributed by atoms with Gasteiger partial charge in [-0.3, -0.25) is 4.79 Å². The highest BCUT2D eigenvalue weighted by Gasteiger charge is 2.13. The van der Waals surface area contributed by atoms with Crippen LogP contribution in [0.15, 0.2) is 36.4 Å². The summed E-state index contributed by atoms with van der Waals surface area (Å²) >= 11 is 1.56. The van der Waals surface area contributed by atoms with Gasteiger partial charge in [0, 0.05) is 16.2 Å². The first-order valence-electron chi connectivity index (χ1n) is 5.81. The van der Waals surface area contributed by atoms with Crippen molar-refractivity contribution in [1.82, 2.24) is 0 Å². The Labute approximate surface area is 115 Å². The Morgan fingerprint density at radius 2 is 2.00 bits per heavy atom. The minimum absolute atomic E-state index is 0.357. The van der Waals surface area contributed by atoms with Crippen molar-refractivity contribution in [1.29, 1.82) is 0 Å². The Morgan fingerprint density at radius 3 is 2.58 bits per heavy atom. The molecule has 1 unspecified atom stereocenters. The van der Waals surface area contributed by atoms with Crippen LogP contribution in [0.25, 0.3) is 10.4 Å². The van der Waals surface area contributed by atoms with E-state index in [2.05, 4.69) is 0 Å². The van der Waals surface area contributed by atoms with Crippen LogP contribution in [0.3, 0.4) is 0 Å². The van der Waals surface area contributed by atoms with E-state index in [0.29, 0.717) is 6.42 Å². The fourth-order valence-corrected chi connectivity index (χ4v) is 2.77. The molecule has 100 valence electrons. The van der Waals surface area contributed by atoms with Gasteiger partial charge in [-0.15, -0.1) is 11.3 Å². The van der Waals surface area contributed by atoms with Crippen LogP contribution < -0.4 is 10.5 Å². The summed E-state index contributed by atoms with van der Waals surface area (Å²) < 4.78 is 5.11. The normalized spacial score (nSPS) is 12.1. The van der Waals surface area contributed by atoms with Crippen molar-refractivity contribution in [2.75, 3.05) is 7.11 Å². The average Bonchev–Trinajstić information content (AvgIpc) is 2.87. The molecule has 0 radical (unpaired) electrons. The number of thiophene rings is 1. The lowest BCUT2D eigenvalue weighted by molar-refractivity contribution is -0.138. The summed E-state index contributed by atoms with van der Waals surface area (Å²) in [7, 11) is 1.63. The van der Waals surface area contributed by atoms with E-state index in [9.17, 15) is 4.79 Å². The molecule has 5 heteroatoms. The summed E-state index contributed by atoms with van der Waals surface area (Å²) in [5, 5.41) is 8.79. The molecule has 2 aromatic rings. The van der Waals surface area contributed by atoms with Crippen molar-refractivity contribution in [3.05, 3.63) is 41.3 Å². The van der Waals surface area contributed by atoms with E-state index in [4.69, 9.17) is 15.6 Å². The fourth-order valence-electron chi connectivity index (χ4n) is 1.70. The van der Waals surface area contributed by atoms with Gasteiger partial charge in [0.1, 0.15) is 11.8 Å². The van der Waals surface area contributed by atoms with Gasteiger partial charge in [0.2, 0.25) is 0 Å². The third-order valence-electron chi connectivity index (χ3n) is 2.77. The molecule has 0 aliphatic carbocycles. The van der Waals surface area contributed by atoms with E-state index >= 15 is 0 Å². The monoisotopic (exact) mass is 277 g/mol. The molecule has 0 aliphatic heterocycles. The molecule has 0 amide bonds. The molecular weight excluding hydrogens is 262 g/mol. The van der Waals surface area contributed by atoms with Crippen LogP contribution in [0.2, 0.25) is 0 Å². The van der Waals surface area contributed by atoms with Crippen molar-refractivity contribution in [3.8, 4) is 16.2 Å². The molecule has 0 saturated heterocycles. The Kier molecular flexibility index (Phi) is 4.19. The minimum Gasteiger partial charge on any atom is -0.497 e. The van der Waals surface area contributed by atoms with Crippen LogP contribution in [0.4, 0.5) is 0 Å². The summed E-state index contributed by atoms with van der Waals surface area (Å²) in [5.41, 5.74) is 6.61. The molecule has 1 atom stereocenters. The maximum absolute atomic E-state index is 10.7. The molecule has 3 N–H and O–H groups in total. The number of methoxy groups -OCH3 is 1. The number of nitrogens with two attached hydrogens (primary N) is 1. The molecule has 19 heavy (non-hydrogen) atoms. The topological polar surface area (TPSA) is 72.5 Å². The van der Waals surface area contributed by atoms with Crippen molar-refractivity contribution >= 4 is 17.3 Å². The quantitative estimate of drug-likeness (QED) is 0.880. The largest absolute Gasteiger partial charge is 0.497 e. The van der Waals surface area contributed by atoms with Crippen molar-refractivity contribution in [3.63, 3.8) is 0 Å². The van der Waals surface area contributed by atoms with Gasteiger partial charge in [0.05, 0.1) is 7.11 Å². The van der Waals surface area contributed by atoms with E-state index < -0.39 is 12.0 Å². The van der Waals surface area contributed by atoms with Gasteiger partial charge in [-0.25, -0.2) is 0 Å². The summed E-state index contributed by atoms with van der Waals surface area (Å²) in [4.78, 5) is 12.8. The molecular formula is C14H15NO3S. The highest BCUT2D eigenvalue weighted by atomic mass is 32.1. The summed E-state index contributed by atoms with van der Waals surface area (Å²) in [6.45, 7) is 0. The number of aliphatic carboxylic acids is 1. The maximum atomic E-state index is 10.7. The first-order valence-corrected chi connectivity index (χ1v) is 6.63. The number of ether oxygens (including phenoxy) is 1. The SMILES string of the molecule is COc1ccc(-c2ccc(CC(N)C(=O)O)s2)cc1. The first kappa shape index (κ1) is 13.6. The number of benzene rings is 1. The van der Waals surface area contributed by atoms with Crippen molar-refractivity contribution in [2.45, 2.75) is 12.5 Å². The number of carboxylic acid groups (broad SMARTS) is 1. The third kappa shape index (κ3) is 3.33. The summed E-state index contributed by atoms with van der Waals surface area (Å²) in [6, 6.07) is 10.8. The van der Waals surface area contributed by atoms with Gasteiger partial charge in [-0.2, -0.15) is 0 Å². The second-order valence-electron chi connectivity index (χ2n) is 4.14. The molecule has 1 aromatic carbocycles. The zero-order chi connectivity index (χ0) is 13.8. The second kappa shape index (κ2) is 5.86. The first-order chi connectivity index (χ1) is 9.10. The number of hydrogen-bond acceptors (Lipinski definition) is 4. The predicted octanol–water partition coefficient (Wildman–Crippen LogP) is 2.38. The van der Waals surface area contributed by atoms with Crippen molar-refractivity contribution < 1.29 is 14.6 Å². The predicted molar refractivity (Wildman–Crippen MR) is 75.6 cm³/mol.